The van der Waals surface area contributed by atoms with Gasteiger partial charge in [-0.25, -0.2) is 0 Å². The Morgan fingerprint density at radius 2 is 1.95 bits per heavy atom. The van der Waals surface area contributed by atoms with Crippen molar-refractivity contribution in [3.63, 3.8) is 0 Å². The summed E-state index contributed by atoms with van der Waals surface area (Å²) < 4.78 is 0. The van der Waals surface area contributed by atoms with Crippen molar-refractivity contribution in [1.82, 2.24) is 15.2 Å². The molecule has 3 heterocycles. The summed E-state index contributed by atoms with van der Waals surface area (Å²) >= 11 is 2.09. The number of thioether (sulfide) groups is 1. The van der Waals surface area contributed by atoms with Gasteiger partial charge < -0.3 is 5.32 Å². The van der Waals surface area contributed by atoms with Gasteiger partial charge in [0, 0.05) is 36.8 Å². The Bertz CT molecular complexity index is 370. The number of likely N-dealkylation sites (tertiary alicyclic amines) is 1. The maximum Gasteiger partial charge on any atom is 0.0271 e. The van der Waals surface area contributed by atoms with E-state index in [4.69, 9.17) is 0 Å². The summed E-state index contributed by atoms with van der Waals surface area (Å²) in [6.07, 6.45) is 7.74. The number of nitrogens with one attached hydrogen (secondary N) is 1. The third kappa shape index (κ3) is 3.94. The second kappa shape index (κ2) is 6.73. The van der Waals surface area contributed by atoms with E-state index in [9.17, 15) is 0 Å². The van der Waals surface area contributed by atoms with Crippen molar-refractivity contribution in [1.29, 1.82) is 0 Å². The molecule has 3 nitrogen and oxygen atoms in total. The fourth-order valence-corrected chi connectivity index (χ4v) is 4.17. The second-order valence-corrected chi connectivity index (χ2v) is 6.78. The average molecular weight is 277 g/mol. The van der Waals surface area contributed by atoms with Crippen LogP contribution < -0.4 is 5.32 Å². The summed E-state index contributed by atoms with van der Waals surface area (Å²) in [5.74, 6) is 2.66. The van der Waals surface area contributed by atoms with Gasteiger partial charge in [0.1, 0.15) is 0 Å². The Morgan fingerprint density at radius 1 is 1.16 bits per heavy atom. The van der Waals surface area contributed by atoms with E-state index in [2.05, 4.69) is 39.1 Å². The molecule has 1 aromatic heterocycles. The molecule has 2 saturated heterocycles. The Balaban J connectivity index is 1.41. The zero-order chi connectivity index (χ0) is 12.9. The molecular weight excluding hydrogens is 254 g/mol. The van der Waals surface area contributed by atoms with E-state index in [1.165, 1.54) is 49.4 Å². The molecule has 0 spiro atoms. The molecule has 1 N–H and O–H groups in total. The van der Waals surface area contributed by atoms with E-state index in [-0.39, 0.29) is 0 Å². The highest BCUT2D eigenvalue weighted by atomic mass is 32.2. The predicted molar refractivity (Wildman–Crippen MR) is 81.4 cm³/mol. The lowest BCUT2D eigenvalue weighted by Gasteiger charge is -2.33. The lowest BCUT2D eigenvalue weighted by atomic mass is 10.0. The second-order valence-electron chi connectivity index (χ2n) is 5.63. The summed E-state index contributed by atoms with van der Waals surface area (Å²) in [7, 11) is 0. The molecular formula is C15H23N3S. The minimum Gasteiger partial charge on any atom is -0.310 e. The summed E-state index contributed by atoms with van der Waals surface area (Å²) in [6.45, 7) is 3.52. The lowest BCUT2D eigenvalue weighted by molar-refractivity contribution is 0.185. The third-order valence-electron chi connectivity index (χ3n) is 4.14. The molecule has 0 aromatic carbocycles. The molecule has 0 radical (unpaired) electrons. The smallest absolute Gasteiger partial charge is 0.0271 e. The topological polar surface area (TPSA) is 28.2 Å². The fraction of sp³-hybridized carbons (Fsp3) is 0.667. The molecule has 0 aliphatic carbocycles. The third-order valence-corrected chi connectivity index (χ3v) is 5.31. The van der Waals surface area contributed by atoms with Crippen LogP contribution in [0.4, 0.5) is 0 Å². The lowest BCUT2D eigenvalue weighted by Crippen LogP contribution is -2.46. The first-order chi connectivity index (χ1) is 9.40. The SMILES string of the molecule is c1cc(CN2CCC(N[C@H]3CCSC3)CC2)ccn1. The van der Waals surface area contributed by atoms with Crippen molar-refractivity contribution in [2.24, 2.45) is 0 Å². The summed E-state index contributed by atoms with van der Waals surface area (Å²) in [5.41, 5.74) is 1.38. The quantitative estimate of drug-likeness (QED) is 0.913. The first-order valence-electron chi connectivity index (χ1n) is 7.35. The van der Waals surface area contributed by atoms with Gasteiger partial charge in [-0.2, -0.15) is 11.8 Å². The molecule has 1 atom stereocenters. The maximum absolute atomic E-state index is 4.08. The summed E-state index contributed by atoms with van der Waals surface area (Å²) in [5, 5.41) is 3.84. The van der Waals surface area contributed by atoms with E-state index in [0.717, 1.165) is 18.6 Å². The first-order valence-corrected chi connectivity index (χ1v) is 8.51. The van der Waals surface area contributed by atoms with Crippen molar-refractivity contribution < 1.29 is 0 Å². The van der Waals surface area contributed by atoms with Crippen LogP contribution in [0.3, 0.4) is 0 Å². The van der Waals surface area contributed by atoms with Gasteiger partial charge >= 0.3 is 0 Å². The largest absolute Gasteiger partial charge is 0.310 e. The van der Waals surface area contributed by atoms with Gasteiger partial charge in [-0.15, -0.1) is 0 Å². The highest BCUT2D eigenvalue weighted by Crippen LogP contribution is 2.20. The number of nitrogens with zero attached hydrogens (tertiary/aromatic N) is 2. The fourth-order valence-electron chi connectivity index (χ4n) is 3.00. The monoisotopic (exact) mass is 277 g/mol. The van der Waals surface area contributed by atoms with Crippen LogP contribution in [0.5, 0.6) is 0 Å². The number of hydrogen-bond acceptors (Lipinski definition) is 4. The highest BCUT2D eigenvalue weighted by molar-refractivity contribution is 7.99. The minimum absolute atomic E-state index is 0.748. The first kappa shape index (κ1) is 13.4. The zero-order valence-electron chi connectivity index (χ0n) is 11.4. The standard InChI is InChI=1S/C15H23N3S/c1-6-16-7-2-13(1)11-18-8-3-14(4-9-18)17-15-5-10-19-12-15/h1-2,6-7,14-15,17H,3-5,8-12H2/t15-/m0/s1. The number of pyridine rings is 1. The zero-order valence-corrected chi connectivity index (χ0v) is 12.2. The van der Waals surface area contributed by atoms with Crippen molar-refractivity contribution >= 4 is 11.8 Å². The van der Waals surface area contributed by atoms with E-state index in [0.29, 0.717) is 0 Å². The molecule has 0 bridgehead atoms. The molecule has 2 aliphatic heterocycles. The van der Waals surface area contributed by atoms with E-state index >= 15 is 0 Å². The molecule has 0 saturated carbocycles. The maximum atomic E-state index is 4.08. The molecule has 4 heteroatoms. The van der Waals surface area contributed by atoms with Gasteiger partial charge in [-0.3, -0.25) is 9.88 Å². The molecule has 0 amide bonds. The van der Waals surface area contributed by atoms with Gasteiger partial charge in [0.25, 0.3) is 0 Å². The van der Waals surface area contributed by atoms with E-state index < -0.39 is 0 Å². The average Bonchev–Trinajstić information content (AvgIpc) is 2.95. The van der Waals surface area contributed by atoms with Crippen LogP contribution in [0.1, 0.15) is 24.8 Å². The molecule has 2 fully saturated rings. The van der Waals surface area contributed by atoms with Crippen molar-refractivity contribution in [2.45, 2.75) is 37.9 Å². The normalized spacial score (nSPS) is 25.8. The molecule has 2 aliphatic rings. The van der Waals surface area contributed by atoms with Crippen molar-refractivity contribution in [3.05, 3.63) is 30.1 Å². The molecule has 19 heavy (non-hydrogen) atoms. The highest BCUT2D eigenvalue weighted by Gasteiger charge is 2.23. The van der Waals surface area contributed by atoms with Gasteiger partial charge in [-0.05, 0) is 55.8 Å². The number of aromatic nitrogens is 1. The number of rotatable bonds is 4. The van der Waals surface area contributed by atoms with Crippen LogP contribution >= 0.6 is 11.8 Å². The van der Waals surface area contributed by atoms with Crippen LogP contribution in [0.25, 0.3) is 0 Å². The van der Waals surface area contributed by atoms with Crippen LogP contribution in [-0.2, 0) is 6.54 Å². The Morgan fingerprint density at radius 3 is 2.63 bits per heavy atom. The Hall–Kier alpha value is -0.580. The van der Waals surface area contributed by atoms with E-state index in [1.807, 2.05) is 12.4 Å². The summed E-state index contributed by atoms with van der Waals surface area (Å²) in [4.78, 5) is 6.64. The van der Waals surface area contributed by atoms with Crippen molar-refractivity contribution in [3.8, 4) is 0 Å². The molecule has 3 rings (SSSR count). The molecule has 104 valence electrons. The number of piperidine rings is 1. The van der Waals surface area contributed by atoms with Gasteiger partial charge in [0.05, 0.1) is 0 Å². The molecule has 0 unspecified atom stereocenters. The van der Waals surface area contributed by atoms with Crippen LogP contribution in [0, 0.1) is 0 Å². The van der Waals surface area contributed by atoms with Gasteiger partial charge in [-0.1, -0.05) is 0 Å². The molecule has 1 aromatic rings. The summed E-state index contributed by atoms with van der Waals surface area (Å²) in [6, 6.07) is 5.78. The predicted octanol–water partition coefficient (Wildman–Crippen LogP) is 2.14. The Labute approximate surface area is 120 Å². The Kier molecular flexibility index (Phi) is 4.75. The van der Waals surface area contributed by atoms with Crippen molar-refractivity contribution in [2.75, 3.05) is 24.6 Å². The van der Waals surface area contributed by atoms with Crippen LogP contribution in [0.15, 0.2) is 24.5 Å². The van der Waals surface area contributed by atoms with Crippen LogP contribution in [-0.4, -0.2) is 46.6 Å². The van der Waals surface area contributed by atoms with E-state index in [1.54, 1.807) is 0 Å². The van der Waals surface area contributed by atoms with Crippen LogP contribution in [0.2, 0.25) is 0 Å². The van der Waals surface area contributed by atoms with Gasteiger partial charge in [0.15, 0.2) is 0 Å². The van der Waals surface area contributed by atoms with Gasteiger partial charge in [0.2, 0.25) is 0 Å². The number of hydrogen-bond donors (Lipinski definition) is 1. The minimum atomic E-state index is 0.748.